The number of benzene rings is 9. The summed E-state index contributed by atoms with van der Waals surface area (Å²) in [6.45, 7) is 4.89. The molecule has 1 aliphatic rings. The van der Waals surface area contributed by atoms with Crippen LogP contribution in [-0.2, 0) is 0 Å². The van der Waals surface area contributed by atoms with Gasteiger partial charge >= 0.3 is 0 Å². The van der Waals surface area contributed by atoms with Crippen molar-refractivity contribution < 1.29 is 0 Å². The number of thioether (sulfide) groups is 1. The van der Waals surface area contributed by atoms with E-state index in [0.29, 0.717) is 11.2 Å². The molecule has 9 aromatic rings. The summed E-state index contributed by atoms with van der Waals surface area (Å²) in [7, 11) is 0. The fraction of sp³-hybridized carbons (Fsp3) is 0.0769. The number of para-hydroxylation sites is 4. The zero-order valence-electron chi connectivity index (χ0n) is 38.7. The molecule has 10 rings (SSSR count). The third kappa shape index (κ3) is 10.6. The minimum Gasteiger partial charge on any atom is -0.338 e. The first-order valence-electron chi connectivity index (χ1n) is 23.9. The fourth-order valence-electron chi connectivity index (χ4n) is 9.26. The molecule has 3 nitrogen and oxygen atoms in total. The van der Waals surface area contributed by atoms with Crippen molar-refractivity contribution in [3.05, 3.63) is 285 Å². The lowest BCUT2D eigenvalue weighted by molar-refractivity contribution is 0.628. The smallest absolute Gasteiger partial charge is 0.0462 e. The highest BCUT2D eigenvalue weighted by Crippen LogP contribution is 2.44. The number of nitrogens with zero attached hydrogens (tertiary/aromatic N) is 3. The minimum absolute atomic E-state index is 0.377. The first-order valence-corrected chi connectivity index (χ1v) is 24.8. The van der Waals surface area contributed by atoms with Crippen LogP contribution in [0, 0.1) is 5.92 Å². The molecule has 1 heterocycles. The quantitative estimate of drug-likeness (QED) is 0.0842. The summed E-state index contributed by atoms with van der Waals surface area (Å²) in [5, 5.41) is 0.471. The maximum absolute atomic E-state index is 4.16. The van der Waals surface area contributed by atoms with Crippen molar-refractivity contribution in [2.75, 3.05) is 21.2 Å². The molecule has 0 aromatic heterocycles. The van der Waals surface area contributed by atoms with Gasteiger partial charge in [0.2, 0.25) is 0 Å². The van der Waals surface area contributed by atoms with Crippen molar-refractivity contribution in [2.45, 2.75) is 18.1 Å². The van der Waals surface area contributed by atoms with Crippen LogP contribution in [0.4, 0.5) is 45.5 Å². The Hall–Kier alpha value is -8.05. The predicted octanol–water partition coefficient (Wildman–Crippen LogP) is 18.4. The molecular weight excluding hydrogens is 855 g/mol. The summed E-state index contributed by atoms with van der Waals surface area (Å²) in [6, 6.07) is 88.9. The van der Waals surface area contributed by atoms with Crippen molar-refractivity contribution in [3.8, 4) is 22.3 Å². The molecule has 0 radical (unpaired) electrons. The largest absolute Gasteiger partial charge is 0.338 e. The van der Waals surface area contributed by atoms with Crippen LogP contribution in [0.1, 0.15) is 18.4 Å². The maximum atomic E-state index is 4.16. The van der Waals surface area contributed by atoms with Gasteiger partial charge < -0.3 is 14.7 Å². The molecule has 0 spiro atoms. The van der Waals surface area contributed by atoms with E-state index in [1.54, 1.807) is 0 Å². The summed E-state index contributed by atoms with van der Waals surface area (Å²) >= 11 is 2.01. The molecule has 0 N–H and O–H groups in total. The Labute approximate surface area is 412 Å². The topological polar surface area (TPSA) is 9.72 Å². The van der Waals surface area contributed by atoms with Crippen molar-refractivity contribution >= 4 is 62.2 Å². The number of hydrogen-bond donors (Lipinski definition) is 0. The number of allylic oxidation sites excluding steroid dienone is 3. The second kappa shape index (κ2) is 21.7. The Morgan fingerprint density at radius 2 is 0.739 bits per heavy atom. The normalized spacial score (nSPS) is 13.7. The van der Waals surface area contributed by atoms with Gasteiger partial charge in [0, 0.05) is 62.2 Å². The number of anilines is 8. The molecule has 2 unspecified atom stereocenters. The van der Waals surface area contributed by atoms with Crippen molar-refractivity contribution in [2.24, 2.45) is 5.92 Å². The molecule has 0 aliphatic carbocycles. The van der Waals surface area contributed by atoms with Crippen LogP contribution in [0.15, 0.2) is 280 Å². The van der Waals surface area contributed by atoms with Crippen molar-refractivity contribution in [1.82, 2.24) is 0 Å². The Kier molecular flexibility index (Phi) is 14.1. The Morgan fingerprint density at radius 1 is 0.406 bits per heavy atom. The van der Waals surface area contributed by atoms with Crippen molar-refractivity contribution in [1.29, 1.82) is 0 Å². The molecular formula is C65H55N3S. The van der Waals surface area contributed by atoms with Gasteiger partial charge in [-0.05, 0) is 144 Å². The summed E-state index contributed by atoms with van der Waals surface area (Å²) in [4.78, 5) is 8.40. The third-order valence-corrected chi connectivity index (χ3v) is 14.3. The highest BCUT2D eigenvalue weighted by Gasteiger charge is 2.25. The van der Waals surface area contributed by atoms with Gasteiger partial charge in [-0.1, -0.05) is 176 Å². The van der Waals surface area contributed by atoms with Gasteiger partial charge in [-0.25, -0.2) is 0 Å². The van der Waals surface area contributed by atoms with Crippen LogP contribution >= 0.6 is 11.8 Å². The molecule has 0 fully saturated rings. The van der Waals surface area contributed by atoms with E-state index in [1.165, 1.54) is 32.7 Å². The predicted molar refractivity (Wildman–Crippen MR) is 298 cm³/mol. The van der Waals surface area contributed by atoms with Gasteiger partial charge in [0.1, 0.15) is 0 Å². The van der Waals surface area contributed by atoms with E-state index < -0.39 is 0 Å². The van der Waals surface area contributed by atoms with Gasteiger partial charge in [-0.15, -0.1) is 18.3 Å². The van der Waals surface area contributed by atoms with Crippen LogP contribution in [0.25, 0.3) is 27.2 Å². The fourth-order valence-corrected chi connectivity index (χ4v) is 10.6. The second-order valence-corrected chi connectivity index (χ2v) is 18.5. The summed E-state index contributed by atoms with van der Waals surface area (Å²) in [5.74, 6) is 0.377. The molecule has 69 heavy (non-hydrogen) atoms. The Morgan fingerprint density at radius 3 is 1.10 bits per heavy atom. The number of hydrogen-bond acceptors (Lipinski definition) is 4. The minimum atomic E-state index is 0.377. The molecule has 0 saturated carbocycles. The van der Waals surface area contributed by atoms with Crippen LogP contribution in [0.3, 0.4) is 0 Å². The van der Waals surface area contributed by atoms with E-state index in [2.05, 4.69) is 294 Å². The summed E-state index contributed by atoms with van der Waals surface area (Å²) in [5.41, 5.74) is 15.0. The Balaban J connectivity index is 0.913. The molecule has 0 saturated heterocycles. The summed E-state index contributed by atoms with van der Waals surface area (Å²) < 4.78 is 0. The van der Waals surface area contributed by atoms with E-state index in [0.717, 1.165) is 64.9 Å². The van der Waals surface area contributed by atoms with Crippen LogP contribution in [0.2, 0.25) is 0 Å². The van der Waals surface area contributed by atoms with Crippen LogP contribution < -0.4 is 14.7 Å². The summed E-state index contributed by atoms with van der Waals surface area (Å²) in [6.07, 6.45) is 11.3. The monoisotopic (exact) mass is 909 g/mol. The van der Waals surface area contributed by atoms with Gasteiger partial charge in [-0.3, -0.25) is 0 Å². The standard InChI is InChI=1S/C65H55N3S/c1-2-19-54(64-47-48-65(69-64)55-20-8-3-9-21-55)22-18-49-66(56-39-31-50(32-40-56)52-35-43-62(44-36-52)67(58-23-10-4-11-24-58)59-25-12-5-13-26-59)57-41-33-51(34-42-57)53-37-45-63(46-38-53)68(60-27-14-6-15-28-60)61-29-16-7-17-30-61/h2-18,20-46,48,54,64H,1,19,47,49H2/b22-18-. The second-order valence-electron chi connectivity index (χ2n) is 17.3. The average Bonchev–Trinajstić information content (AvgIpc) is 3.93. The van der Waals surface area contributed by atoms with E-state index >= 15 is 0 Å². The van der Waals surface area contributed by atoms with E-state index in [4.69, 9.17) is 0 Å². The van der Waals surface area contributed by atoms with Crippen LogP contribution in [-0.4, -0.2) is 11.8 Å². The first-order chi connectivity index (χ1) is 34.2. The van der Waals surface area contributed by atoms with E-state index in [1.807, 2.05) is 11.8 Å². The zero-order valence-corrected chi connectivity index (χ0v) is 39.5. The molecule has 0 bridgehead atoms. The molecule has 0 amide bonds. The lowest BCUT2D eigenvalue weighted by atomic mass is 9.97. The highest BCUT2D eigenvalue weighted by atomic mass is 32.2. The SMILES string of the molecule is C=CCC(/C=C\CN(c1ccc(-c2ccc(N(c3ccccc3)c3ccccc3)cc2)cc1)c1ccc(-c2ccc(N(c3ccccc3)c3ccccc3)cc2)cc1)C1CC=C(c2ccccc2)S1. The third-order valence-electron chi connectivity index (χ3n) is 12.8. The zero-order chi connectivity index (χ0) is 46.6. The highest BCUT2D eigenvalue weighted by molar-refractivity contribution is 8.09. The first kappa shape index (κ1) is 44.8. The molecule has 4 heteroatoms. The lowest BCUT2D eigenvalue weighted by Crippen LogP contribution is -2.18. The Bertz CT molecular complexity index is 2830. The van der Waals surface area contributed by atoms with Gasteiger partial charge in [0.05, 0.1) is 0 Å². The van der Waals surface area contributed by atoms with Crippen molar-refractivity contribution in [3.63, 3.8) is 0 Å². The molecule has 9 aromatic carbocycles. The van der Waals surface area contributed by atoms with E-state index in [9.17, 15) is 0 Å². The lowest BCUT2D eigenvalue weighted by Gasteiger charge is -2.26. The van der Waals surface area contributed by atoms with Gasteiger partial charge in [0.15, 0.2) is 0 Å². The molecule has 336 valence electrons. The molecule has 1 aliphatic heterocycles. The van der Waals surface area contributed by atoms with E-state index in [-0.39, 0.29) is 0 Å². The maximum Gasteiger partial charge on any atom is 0.0462 e. The van der Waals surface area contributed by atoms with Gasteiger partial charge in [0.25, 0.3) is 0 Å². The number of rotatable bonds is 17. The van der Waals surface area contributed by atoms with Gasteiger partial charge in [-0.2, -0.15) is 0 Å². The van der Waals surface area contributed by atoms with Crippen LogP contribution in [0.5, 0.6) is 0 Å². The average molecular weight is 910 g/mol. The molecule has 2 atom stereocenters.